The number of carbonyl (C=O) groups excluding carboxylic acids is 2. The number of hydrogen-bond donors (Lipinski definition) is 1. The van der Waals surface area contributed by atoms with Crippen LogP contribution in [0, 0.1) is 0 Å². The van der Waals surface area contributed by atoms with Crippen LogP contribution in [-0.2, 0) is 26.5 Å². The van der Waals surface area contributed by atoms with E-state index in [2.05, 4.69) is 0 Å². The van der Waals surface area contributed by atoms with Crippen LogP contribution in [0.3, 0.4) is 0 Å². The lowest BCUT2D eigenvalue weighted by molar-refractivity contribution is -0.116. The smallest absolute Gasteiger partial charge is 0.249 e. The van der Waals surface area contributed by atoms with Gasteiger partial charge in [0, 0.05) is 24.7 Å². The predicted octanol–water partition coefficient (Wildman–Crippen LogP) is 2.82. The van der Waals surface area contributed by atoms with Crippen LogP contribution in [0.25, 0.3) is 0 Å². The number of carbonyl (C=O) groups is 2. The second-order valence-electron chi connectivity index (χ2n) is 8.01. The molecular formula is C21H24N2O4S. The molecular weight excluding hydrogens is 376 g/mol. The van der Waals surface area contributed by atoms with Crippen LogP contribution in [0.4, 0.5) is 5.69 Å². The van der Waals surface area contributed by atoms with Gasteiger partial charge in [-0.1, -0.05) is 26.8 Å². The Morgan fingerprint density at radius 2 is 1.79 bits per heavy atom. The first-order valence-corrected chi connectivity index (χ1v) is 10.5. The van der Waals surface area contributed by atoms with Crippen molar-refractivity contribution in [2.45, 2.75) is 49.3 Å². The number of benzene rings is 2. The minimum absolute atomic E-state index is 0.0708. The van der Waals surface area contributed by atoms with Crippen LogP contribution in [0.1, 0.15) is 49.2 Å². The Kier molecular flexibility index (Phi) is 4.83. The van der Waals surface area contributed by atoms with Crippen LogP contribution >= 0.6 is 0 Å². The molecule has 2 amide bonds. The number of sulfone groups is 1. The van der Waals surface area contributed by atoms with E-state index in [-0.39, 0.29) is 21.3 Å². The number of primary amides is 1. The molecule has 148 valence electrons. The molecule has 0 bridgehead atoms. The van der Waals surface area contributed by atoms with Crippen molar-refractivity contribution in [3.63, 3.8) is 0 Å². The molecule has 0 aromatic heterocycles. The monoisotopic (exact) mass is 400 g/mol. The molecule has 0 saturated heterocycles. The molecule has 6 nitrogen and oxygen atoms in total. The molecule has 0 spiro atoms. The summed E-state index contributed by atoms with van der Waals surface area (Å²) in [5.41, 5.74) is 7.09. The predicted molar refractivity (Wildman–Crippen MR) is 107 cm³/mol. The summed E-state index contributed by atoms with van der Waals surface area (Å²) in [6.45, 7) is 7.58. The molecule has 1 heterocycles. The van der Waals surface area contributed by atoms with Gasteiger partial charge >= 0.3 is 0 Å². The third-order valence-electron chi connectivity index (χ3n) is 4.97. The number of rotatable bonds is 3. The van der Waals surface area contributed by atoms with Gasteiger partial charge in [0.05, 0.1) is 9.79 Å². The van der Waals surface area contributed by atoms with E-state index in [4.69, 9.17) is 5.73 Å². The van der Waals surface area contributed by atoms with Crippen molar-refractivity contribution in [3.8, 4) is 0 Å². The second-order valence-corrected chi connectivity index (χ2v) is 9.93. The molecule has 1 aliphatic rings. The van der Waals surface area contributed by atoms with Gasteiger partial charge in [0.2, 0.25) is 21.7 Å². The maximum absolute atomic E-state index is 13.5. The molecule has 1 aliphatic heterocycles. The van der Waals surface area contributed by atoms with Crippen molar-refractivity contribution in [1.82, 2.24) is 0 Å². The highest BCUT2D eigenvalue weighted by atomic mass is 32.2. The van der Waals surface area contributed by atoms with Crippen molar-refractivity contribution >= 4 is 27.3 Å². The Morgan fingerprint density at radius 1 is 1.11 bits per heavy atom. The maximum atomic E-state index is 13.5. The van der Waals surface area contributed by atoms with Crippen LogP contribution < -0.4 is 10.6 Å². The first kappa shape index (κ1) is 20.1. The van der Waals surface area contributed by atoms with Gasteiger partial charge in [-0.2, -0.15) is 0 Å². The van der Waals surface area contributed by atoms with Crippen molar-refractivity contribution in [2.24, 2.45) is 5.73 Å². The minimum atomic E-state index is -3.88. The highest BCUT2D eigenvalue weighted by Gasteiger charge is 2.32. The molecule has 2 N–H and O–H groups in total. The van der Waals surface area contributed by atoms with E-state index in [1.54, 1.807) is 23.1 Å². The summed E-state index contributed by atoms with van der Waals surface area (Å²) >= 11 is 0. The fourth-order valence-corrected chi connectivity index (χ4v) is 5.47. The van der Waals surface area contributed by atoms with Crippen LogP contribution in [-0.4, -0.2) is 26.8 Å². The van der Waals surface area contributed by atoms with E-state index in [0.717, 1.165) is 11.3 Å². The third kappa shape index (κ3) is 3.30. The first-order valence-electron chi connectivity index (χ1n) is 9.04. The van der Waals surface area contributed by atoms with Crippen molar-refractivity contribution < 1.29 is 18.0 Å². The van der Waals surface area contributed by atoms with E-state index < -0.39 is 21.2 Å². The minimum Gasteiger partial charge on any atom is -0.366 e. The summed E-state index contributed by atoms with van der Waals surface area (Å²) in [4.78, 5) is 25.5. The van der Waals surface area contributed by atoms with Crippen LogP contribution in [0.2, 0.25) is 0 Å². The zero-order chi connectivity index (χ0) is 20.9. The normalized spacial score (nSPS) is 14.1. The lowest BCUT2D eigenvalue weighted by Crippen LogP contribution is -2.25. The Hall–Kier alpha value is -2.67. The molecule has 2 aromatic carbocycles. The topological polar surface area (TPSA) is 97.5 Å². The molecule has 0 saturated carbocycles. The first-order chi connectivity index (χ1) is 12.9. The summed E-state index contributed by atoms with van der Waals surface area (Å²) in [5, 5.41) is 0. The number of fused-ring (bicyclic) bond motifs is 1. The van der Waals surface area contributed by atoms with Gasteiger partial charge in [-0.15, -0.1) is 0 Å². The maximum Gasteiger partial charge on any atom is 0.249 e. The van der Waals surface area contributed by atoms with E-state index in [1.807, 2.05) is 20.8 Å². The summed E-state index contributed by atoms with van der Waals surface area (Å²) in [7, 11) is -3.88. The number of nitrogens with zero attached hydrogens (tertiary/aromatic N) is 1. The van der Waals surface area contributed by atoms with Gasteiger partial charge in [-0.05, 0) is 53.3 Å². The summed E-state index contributed by atoms with van der Waals surface area (Å²) in [5.74, 6) is -0.730. The van der Waals surface area contributed by atoms with Crippen LogP contribution in [0.15, 0.2) is 46.2 Å². The zero-order valence-electron chi connectivity index (χ0n) is 16.4. The van der Waals surface area contributed by atoms with E-state index in [0.29, 0.717) is 18.5 Å². The lowest BCUT2D eigenvalue weighted by atomic mass is 9.83. The molecule has 0 atom stereocenters. The number of nitrogens with two attached hydrogens (primary N) is 1. The van der Waals surface area contributed by atoms with Crippen molar-refractivity contribution in [3.05, 3.63) is 53.1 Å². The average molecular weight is 401 g/mol. The molecule has 0 aliphatic carbocycles. The molecule has 28 heavy (non-hydrogen) atoms. The Bertz CT molecular complexity index is 1080. The summed E-state index contributed by atoms with van der Waals surface area (Å²) < 4.78 is 26.9. The fraction of sp³-hybridized carbons (Fsp3) is 0.333. The molecule has 0 radical (unpaired) electrons. The van der Waals surface area contributed by atoms with Gasteiger partial charge in [0.15, 0.2) is 0 Å². The molecule has 3 rings (SSSR count). The van der Waals surface area contributed by atoms with E-state index in [9.17, 15) is 18.0 Å². The van der Waals surface area contributed by atoms with Gasteiger partial charge in [0.1, 0.15) is 0 Å². The Labute approximate surface area is 165 Å². The van der Waals surface area contributed by atoms with Crippen LogP contribution in [0.5, 0.6) is 0 Å². The van der Waals surface area contributed by atoms with E-state index in [1.165, 1.54) is 25.1 Å². The fourth-order valence-electron chi connectivity index (χ4n) is 3.73. The molecule has 0 fully saturated rings. The highest BCUT2D eigenvalue weighted by molar-refractivity contribution is 7.91. The highest BCUT2D eigenvalue weighted by Crippen LogP contribution is 2.37. The van der Waals surface area contributed by atoms with Gasteiger partial charge in [-0.25, -0.2) is 8.42 Å². The SMILES string of the molecule is CC(=O)N1CCc2cc(S(=O)(=O)c3cccc(C(N)=O)c3C(C)(C)C)ccc21. The molecule has 2 aromatic rings. The standard InChI is InChI=1S/C21H24N2O4S/c1-13(24)23-11-10-14-12-15(8-9-17(14)23)28(26,27)18-7-5-6-16(20(22)25)19(18)21(2,3)4/h5-9,12H,10-11H2,1-4H3,(H2,22,25). The van der Waals surface area contributed by atoms with Gasteiger partial charge < -0.3 is 10.6 Å². The number of anilines is 1. The Morgan fingerprint density at radius 3 is 2.36 bits per heavy atom. The molecule has 0 unspecified atom stereocenters. The van der Waals surface area contributed by atoms with Crippen molar-refractivity contribution in [2.75, 3.05) is 11.4 Å². The number of amides is 2. The van der Waals surface area contributed by atoms with E-state index >= 15 is 0 Å². The third-order valence-corrected chi connectivity index (χ3v) is 6.76. The van der Waals surface area contributed by atoms with Gasteiger partial charge in [0.25, 0.3) is 0 Å². The largest absolute Gasteiger partial charge is 0.366 e. The van der Waals surface area contributed by atoms with Gasteiger partial charge in [-0.3, -0.25) is 9.59 Å². The summed E-state index contributed by atoms with van der Waals surface area (Å²) in [6, 6.07) is 9.40. The van der Waals surface area contributed by atoms with Crippen molar-refractivity contribution in [1.29, 1.82) is 0 Å². The summed E-state index contributed by atoms with van der Waals surface area (Å²) in [6.07, 6.45) is 0.603. The zero-order valence-corrected chi connectivity index (χ0v) is 17.3. The number of hydrogen-bond acceptors (Lipinski definition) is 4. The quantitative estimate of drug-likeness (QED) is 0.857. The average Bonchev–Trinajstić information content (AvgIpc) is 3.03. The Balaban J connectivity index is 2.19. The lowest BCUT2D eigenvalue weighted by Gasteiger charge is -2.25. The molecule has 7 heteroatoms. The second kappa shape index (κ2) is 6.74.